The quantitative estimate of drug-likeness (QED) is 0.395. The molecule has 12 heteroatoms. The summed E-state index contributed by atoms with van der Waals surface area (Å²) in [5, 5.41) is 0. The Labute approximate surface area is 211 Å². The molecule has 1 amide bonds. The minimum absolute atomic E-state index is 0.0306. The summed E-state index contributed by atoms with van der Waals surface area (Å²) in [5.74, 6) is -4.30. The van der Waals surface area contributed by atoms with Crippen LogP contribution >= 0.6 is 0 Å². The van der Waals surface area contributed by atoms with Crippen molar-refractivity contribution in [3.05, 3.63) is 47.3 Å². The topological polar surface area (TPSA) is 56.2 Å². The normalized spacial score (nSPS) is 18.1. The van der Waals surface area contributed by atoms with Gasteiger partial charge in [-0.2, -0.15) is 22.0 Å². The number of benzene rings is 1. The Kier molecular flexibility index (Phi) is 7.44. The molecule has 0 saturated carbocycles. The fourth-order valence-corrected chi connectivity index (χ4v) is 5.25. The van der Waals surface area contributed by atoms with Crippen LogP contribution in [0.5, 0.6) is 11.5 Å². The van der Waals surface area contributed by atoms with Crippen LogP contribution in [-0.2, 0) is 22.7 Å². The van der Waals surface area contributed by atoms with E-state index in [0.29, 0.717) is 68.4 Å². The summed E-state index contributed by atoms with van der Waals surface area (Å²) in [6.45, 7) is 1.69. The highest BCUT2D eigenvalue weighted by atomic mass is 19.4. The van der Waals surface area contributed by atoms with Crippen molar-refractivity contribution in [1.82, 2.24) is 14.4 Å². The van der Waals surface area contributed by atoms with Crippen LogP contribution in [0.25, 0.3) is 0 Å². The Hall–Kier alpha value is -2.86. The third-order valence-electron chi connectivity index (χ3n) is 7.36. The van der Waals surface area contributed by atoms with E-state index in [0.717, 1.165) is 10.6 Å². The number of amides is 1. The molecule has 0 aliphatic carbocycles. The number of methoxy groups -OCH3 is 2. The first-order valence-electron chi connectivity index (χ1n) is 11.9. The summed E-state index contributed by atoms with van der Waals surface area (Å²) in [5.41, 5.74) is -0.960. The molecule has 1 aromatic heterocycles. The first-order valence-corrected chi connectivity index (χ1v) is 11.9. The van der Waals surface area contributed by atoms with E-state index in [1.807, 2.05) is 11.9 Å². The lowest BCUT2D eigenvalue weighted by Crippen LogP contribution is -2.57. The van der Waals surface area contributed by atoms with Crippen molar-refractivity contribution >= 4 is 5.91 Å². The summed E-state index contributed by atoms with van der Waals surface area (Å²) in [7, 11) is 4.87. The molecule has 37 heavy (non-hydrogen) atoms. The number of halogens is 5. The Balaban J connectivity index is 1.53. The number of likely N-dealkylation sites (tertiary alicyclic amines) is 1. The minimum Gasteiger partial charge on any atom is -0.493 e. The number of aromatic nitrogens is 1. The van der Waals surface area contributed by atoms with Gasteiger partial charge in [-0.15, -0.1) is 0 Å². The van der Waals surface area contributed by atoms with Gasteiger partial charge in [0.2, 0.25) is 0 Å². The van der Waals surface area contributed by atoms with Gasteiger partial charge in [0.15, 0.2) is 11.5 Å². The van der Waals surface area contributed by atoms with Gasteiger partial charge >= 0.3 is 12.1 Å². The number of ether oxygens (including phenoxy) is 3. The van der Waals surface area contributed by atoms with Gasteiger partial charge in [0.25, 0.3) is 5.91 Å². The van der Waals surface area contributed by atoms with Gasteiger partial charge < -0.3 is 23.7 Å². The smallest absolute Gasteiger partial charge is 0.459 e. The molecule has 1 aromatic carbocycles. The Morgan fingerprint density at radius 1 is 0.946 bits per heavy atom. The first-order chi connectivity index (χ1) is 17.5. The molecule has 0 N–H and O–H groups in total. The van der Waals surface area contributed by atoms with E-state index >= 15 is 0 Å². The van der Waals surface area contributed by atoms with Crippen LogP contribution in [0, 0.1) is 0 Å². The summed E-state index contributed by atoms with van der Waals surface area (Å²) < 4.78 is 84.8. The molecule has 2 aliphatic rings. The van der Waals surface area contributed by atoms with Crippen molar-refractivity contribution in [2.45, 2.75) is 37.0 Å². The number of nitrogens with zero attached hydrogens (tertiary/aromatic N) is 3. The lowest BCUT2D eigenvalue weighted by molar-refractivity contribution is -0.292. The SMILES string of the molecule is COCCOc1ccc(C(=O)N2CCC3(CC2)c2ccc(C(F)(F)C(F)(F)F)n2CCN3C)cc1OC. The number of carbonyl (C=O) groups is 1. The Morgan fingerprint density at radius 3 is 2.27 bits per heavy atom. The zero-order chi connectivity index (χ0) is 27.0. The monoisotopic (exact) mass is 531 g/mol. The van der Waals surface area contributed by atoms with Crippen molar-refractivity contribution in [3.63, 3.8) is 0 Å². The molecule has 2 aromatic rings. The van der Waals surface area contributed by atoms with Gasteiger partial charge in [-0.1, -0.05) is 0 Å². The highest BCUT2D eigenvalue weighted by Gasteiger charge is 2.61. The van der Waals surface area contributed by atoms with Gasteiger partial charge in [0, 0.05) is 44.5 Å². The molecule has 0 radical (unpaired) electrons. The summed E-state index contributed by atoms with van der Waals surface area (Å²) in [6.07, 6.45) is -4.89. The molecule has 1 fully saturated rings. The predicted molar refractivity (Wildman–Crippen MR) is 124 cm³/mol. The number of rotatable bonds is 7. The van der Waals surface area contributed by atoms with Gasteiger partial charge in [-0.25, -0.2) is 0 Å². The molecular formula is C25H30F5N3O4. The van der Waals surface area contributed by atoms with E-state index in [9.17, 15) is 26.7 Å². The highest BCUT2D eigenvalue weighted by molar-refractivity contribution is 5.95. The standard InChI is InChI=1S/C25H30F5N3O4/c1-31-12-13-33-20(6-7-21(33)24(26,27)25(28,29)30)23(31)8-10-32(11-9-23)22(34)17-4-5-18(19(16-17)36-3)37-15-14-35-2/h4-7,16H,8-15H2,1-3H3. The van der Waals surface area contributed by atoms with Crippen molar-refractivity contribution in [3.8, 4) is 11.5 Å². The van der Waals surface area contributed by atoms with E-state index in [-0.39, 0.29) is 12.5 Å². The third kappa shape index (κ3) is 4.76. The molecule has 1 spiro atoms. The lowest BCUT2D eigenvalue weighted by Gasteiger charge is -2.50. The van der Waals surface area contributed by atoms with Crippen molar-refractivity contribution in [2.24, 2.45) is 0 Å². The summed E-state index contributed by atoms with van der Waals surface area (Å²) in [6, 6.07) is 7.13. The Morgan fingerprint density at radius 2 is 1.65 bits per heavy atom. The molecular weight excluding hydrogens is 501 g/mol. The highest BCUT2D eigenvalue weighted by Crippen LogP contribution is 2.48. The number of carbonyl (C=O) groups excluding carboxylic acids is 1. The second-order valence-corrected chi connectivity index (χ2v) is 9.28. The second kappa shape index (κ2) is 10.1. The van der Waals surface area contributed by atoms with Crippen LogP contribution in [0.3, 0.4) is 0 Å². The average Bonchev–Trinajstić information content (AvgIpc) is 3.32. The number of hydrogen-bond donors (Lipinski definition) is 0. The molecule has 204 valence electrons. The molecule has 0 bridgehead atoms. The number of alkyl halides is 5. The van der Waals surface area contributed by atoms with Gasteiger partial charge in [-0.3, -0.25) is 9.69 Å². The van der Waals surface area contributed by atoms with E-state index in [1.54, 1.807) is 30.2 Å². The molecule has 3 heterocycles. The fraction of sp³-hybridized carbons (Fsp3) is 0.560. The number of piperidine rings is 1. The maximum absolute atomic E-state index is 14.2. The average molecular weight is 532 g/mol. The first kappa shape index (κ1) is 27.2. The van der Waals surface area contributed by atoms with Crippen LogP contribution in [0.2, 0.25) is 0 Å². The molecule has 7 nitrogen and oxygen atoms in total. The van der Waals surface area contributed by atoms with Crippen molar-refractivity contribution in [2.75, 3.05) is 54.1 Å². The van der Waals surface area contributed by atoms with Crippen molar-refractivity contribution < 1.29 is 41.0 Å². The molecule has 1 saturated heterocycles. The molecule has 0 unspecified atom stereocenters. The van der Waals surface area contributed by atoms with E-state index in [4.69, 9.17) is 14.2 Å². The fourth-order valence-electron chi connectivity index (χ4n) is 5.25. The predicted octanol–water partition coefficient (Wildman–Crippen LogP) is 4.25. The van der Waals surface area contributed by atoms with Gasteiger partial charge in [-0.05, 0) is 50.2 Å². The maximum Gasteiger partial charge on any atom is 0.459 e. The van der Waals surface area contributed by atoms with E-state index in [2.05, 4.69) is 0 Å². The summed E-state index contributed by atoms with van der Waals surface area (Å²) in [4.78, 5) is 16.9. The number of fused-ring (bicyclic) bond motifs is 2. The van der Waals surface area contributed by atoms with Crippen LogP contribution < -0.4 is 9.47 Å². The number of hydrogen-bond acceptors (Lipinski definition) is 5. The summed E-state index contributed by atoms with van der Waals surface area (Å²) >= 11 is 0. The minimum atomic E-state index is -5.68. The Bertz CT molecular complexity index is 1130. The molecule has 0 atom stereocenters. The second-order valence-electron chi connectivity index (χ2n) is 9.28. The third-order valence-corrected chi connectivity index (χ3v) is 7.36. The zero-order valence-electron chi connectivity index (χ0n) is 20.9. The van der Waals surface area contributed by atoms with Crippen LogP contribution in [-0.4, -0.2) is 80.6 Å². The van der Waals surface area contributed by atoms with Crippen LogP contribution in [0.15, 0.2) is 30.3 Å². The molecule has 4 rings (SSSR count). The number of likely N-dealkylation sites (N-methyl/N-ethyl adjacent to an activating group) is 1. The van der Waals surface area contributed by atoms with Crippen molar-refractivity contribution in [1.29, 1.82) is 0 Å². The zero-order valence-corrected chi connectivity index (χ0v) is 20.9. The van der Waals surface area contributed by atoms with Crippen LogP contribution in [0.4, 0.5) is 22.0 Å². The molecule has 2 aliphatic heterocycles. The largest absolute Gasteiger partial charge is 0.493 e. The van der Waals surface area contributed by atoms with Crippen LogP contribution in [0.1, 0.15) is 34.6 Å². The van der Waals surface area contributed by atoms with E-state index < -0.39 is 23.3 Å². The van der Waals surface area contributed by atoms with E-state index in [1.165, 1.54) is 13.2 Å². The maximum atomic E-state index is 14.2. The van der Waals surface area contributed by atoms with Gasteiger partial charge in [0.1, 0.15) is 6.61 Å². The van der Waals surface area contributed by atoms with Gasteiger partial charge in [0.05, 0.1) is 24.9 Å². The lowest BCUT2D eigenvalue weighted by atomic mass is 9.81.